The van der Waals surface area contributed by atoms with Gasteiger partial charge in [-0.3, -0.25) is 0 Å². The number of benzene rings is 2. The topological polar surface area (TPSA) is 95.1 Å². The molecule has 1 aliphatic rings. The van der Waals surface area contributed by atoms with Gasteiger partial charge in [0.1, 0.15) is 0 Å². The average Bonchev–Trinajstić information content (AvgIpc) is 3.01. The number of nitrogens with zero attached hydrogens (tertiary/aromatic N) is 3. The van der Waals surface area contributed by atoms with Crippen LogP contribution in [0.1, 0.15) is 24.1 Å². The SMILES string of the molecule is C[C@@H](c1ccccc1)N1CCN(Cc2ccccc2N(S(C)(=O)=O)S(C)(=O)=O)C1=O. The molecular weight excluding hydrogens is 426 g/mol. The number of carbonyl (C=O) groups is 1. The van der Waals surface area contributed by atoms with E-state index in [0.717, 1.165) is 18.1 Å². The Morgan fingerprint density at radius 2 is 1.47 bits per heavy atom. The monoisotopic (exact) mass is 451 g/mol. The second-order valence-corrected chi connectivity index (χ2v) is 11.2. The maximum Gasteiger partial charge on any atom is 0.320 e. The number of hydrogen-bond acceptors (Lipinski definition) is 5. The molecule has 10 heteroatoms. The van der Waals surface area contributed by atoms with E-state index in [-0.39, 0.29) is 24.3 Å². The van der Waals surface area contributed by atoms with Gasteiger partial charge in [-0.15, -0.1) is 0 Å². The molecule has 0 N–H and O–H groups in total. The molecule has 30 heavy (non-hydrogen) atoms. The van der Waals surface area contributed by atoms with E-state index in [2.05, 4.69) is 0 Å². The number of para-hydroxylation sites is 1. The molecule has 0 radical (unpaired) electrons. The van der Waals surface area contributed by atoms with Crippen molar-refractivity contribution in [2.45, 2.75) is 19.5 Å². The van der Waals surface area contributed by atoms with Crippen LogP contribution >= 0.6 is 0 Å². The normalized spacial score (nSPS) is 16.0. The first-order valence-corrected chi connectivity index (χ1v) is 13.1. The van der Waals surface area contributed by atoms with Crippen molar-refractivity contribution in [2.24, 2.45) is 0 Å². The van der Waals surface area contributed by atoms with E-state index in [1.54, 1.807) is 28.0 Å². The molecule has 0 saturated carbocycles. The quantitative estimate of drug-likeness (QED) is 0.644. The van der Waals surface area contributed by atoms with Crippen LogP contribution in [0.15, 0.2) is 54.6 Å². The van der Waals surface area contributed by atoms with E-state index in [4.69, 9.17) is 0 Å². The van der Waals surface area contributed by atoms with Gasteiger partial charge in [-0.05, 0) is 24.1 Å². The third-order valence-electron chi connectivity index (χ3n) is 5.03. The minimum Gasteiger partial charge on any atom is -0.318 e. The zero-order valence-electron chi connectivity index (χ0n) is 17.1. The zero-order chi connectivity index (χ0) is 22.1. The highest BCUT2D eigenvalue weighted by molar-refractivity contribution is 8.09. The molecule has 2 amide bonds. The second kappa shape index (κ2) is 8.27. The Bertz CT molecular complexity index is 1100. The van der Waals surface area contributed by atoms with Crippen LogP contribution in [0, 0.1) is 0 Å². The predicted octanol–water partition coefficient (Wildman–Crippen LogP) is 2.41. The molecule has 1 aliphatic heterocycles. The lowest BCUT2D eigenvalue weighted by Crippen LogP contribution is -2.37. The van der Waals surface area contributed by atoms with E-state index in [9.17, 15) is 21.6 Å². The van der Waals surface area contributed by atoms with Gasteiger partial charge in [0.15, 0.2) is 0 Å². The number of carbonyl (C=O) groups excluding carboxylic acids is 1. The minimum absolute atomic E-state index is 0.0323. The predicted molar refractivity (Wildman–Crippen MR) is 116 cm³/mol. The highest BCUT2D eigenvalue weighted by Crippen LogP contribution is 2.30. The zero-order valence-corrected chi connectivity index (χ0v) is 18.7. The summed E-state index contributed by atoms with van der Waals surface area (Å²) < 4.78 is 49.2. The van der Waals surface area contributed by atoms with Crippen molar-refractivity contribution >= 4 is 31.8 Å². The number of urea groups is 1. The van der Waals surface area contributed by atoms with Gasteiger partial charge in [-0.1, -0.05) is 48.5 Å². The van der Waals surface area contributed by atoms with Crippen LogP contribution in [0.5, 0.6) is 0 Å². The molecular formula is C20H25N3O5S2. The standard InChI is InChI=1S/C20H25N3O5S2/c1-16(17-9-5-4-6-10-17)22-14-13-21(20(22)24)15-18-11-7-8-12-19(18)23(29(2,25)26)30(3,27)28/h4-12,16H,13-15H2,1-3H3/t16-/m0/s1. The van der Waals surface area contributed by atoms with Crippen molar-refractivity contribution in [1.82, 2.24) is 9.80 Å². The van der Waals surface area contributed by atoms with Gasteiger partial charge in [0.05, 0.1) is 24.2 Å². The summed E-state index contributed by atoms with van der Waals surface area (Å²) in [5.41, 5.74) is 1.49. The van der Waals surface area contributed by atoms with Crippen molar-refractivity contribution in [3.63, 3.8) is 0 Å². The van der Waals surface area contributed by atoms with Gasteiger partial charge in [-0.25, -0.2) is 21.6 Å². The molecule has 0 aromatic heterocycles. The van der Waals surface area contributed by atoms with Gasteiger partial charge in [0, 0.05) is 19.6 Å². The third kappa shape index (κ3) is 4.59. The maximum absolute atomic E-state index is 13.0. The van der Waals surface area contributed by atoms with E-state index in [0.29, 0.717) is 22.4 Å². The third-order valence-corrected chi connectivity index (χ3v) is 8.25. The first-order chi connectivity index (χ1) is 14.0. The van der Waals surface area contributed by atoms with Crippen LogP contribution < -0.4 is 3.71 Å². The van der Waals surface area contributed by atoms with Crippen LogP contribution in [0.25, 0.3) is 0 Å². The fourth-order valence-electron chi connectivity index (χ4n) is 3.65. The molecule has 0 bridgehead atoms. The molecule has 1 atom stereocenters. The van der Waals surface area contributed by atoms with E-state index in [1.807, 2.05) is 37.3 Å². The van der Waals surface area contributed by atoms with Crippen molar-refractivity contribution in [1.29, 1.82) is 0 Å². The second-order valence-electron chi connectivity index (χ2n) is 7.34. The molecule has 3 rings (SSSR count). The first-order valence-electron chi connectivity index (χ1n) is 9.39. The summed E-state index contributed by atoms with van der Waals surface area (Å²) in [6, 6.07) is 15.7. The van der Waals surface area contributed by atoms with Crippen molar-refractivity contribution in [3.05, 3.63) is 65.7 Å². The molecule has 0 aliphatic carbocycles. The molecule has 1 heterocycles. The fraction of sp³-hybridized carbons (Fsp3) is 0.350. The van der Waals surface area contributed by atoms with E-state index >= 15 is 0 Å². The lowest BCUT2D eigenvalue weighted by atomic mass is 10.1. The Labute approximate surface area is 177 Å². The van der Waals surface area contributed by atoms with Crippen molar-refractivity contribution < 1.29 is 21.6 Å². The Hall–Kier alpha value is -2.59. The van der Waals surface area contributed by atoms with E-state index in [1.165, 1.54) is 6.07 Å². The number of rotatable bonds is 7. The van der Waals surface area contributed by atoms with Gasteiger partial charge in [-0.2, -0.15) is 3.71 Å². The molecule has 1 fully saturated rings. The summed E-state index contributed by atoms with van der Waals surface area (Å²) in [5.74, 6) is 0. The highest BCUT2D eigenvalue weighted by Gasteiger charge is 2.34. The van der Waals surface area contributed by atoms with Crippen LogP contribution in [0.3, 0.4) is 0 Å². The summed E-state index contributed by atoms with van der Waals surface area (Å²) >= 11 is 0. The lowest BCUT2D eigenvalue weighted by molar-refractivity contribution is 0.179. The molecule has 8 nitrogen and oxygen atoms in total. The maximum atomic E-state index is 13.0. The number of hydrogen-bond donors (Lipinski definition) is 0. The summed E-state index contributed by atoms with van der Waals surface area (Å²) in [6.45, 7) is 3.05. The highest BCUT2D eigenvalue weighted by atomic mass is 32.3. The van der Waals surface area contributed by atoms with Gasteiger partial charge in [0.2, 0.25) is 20.0 Å². The first kappa shape index (κ1) is 22.1. The molecule has 2 aromatic carbocycles. The molecule has 1 saturated heterocycles. The Morgan fingerprint density at radius 1 is 0.900 bits per heavy atom. The van der Waals surface area contributed by atoms with Crippen molar-refractivity contribution in [3.8, 4) is 0 Å². The molecule has 0 spiro atoms. The van der Waals surface area contributed by atoms with Crippen LogP contribution in [-0.4, -0.2) is 58.3 Å². The lowest BCUT2D eigenvalue weighted by Gasteiger charge is -2.27. The average molecular weight is 452 g/mol. The van der Waals surface area contributed by atoms with Gasteiger partial charge < -0.3 is 9.80 Å². The fourth-order valence-corrected chi connectivity index (χ4v) is 6.69. The molecule has 0 unspecified atom stereocenters. The Balaban J connectivity index is 1.87. The summed E-state index contributed by atoms with van der Waals surface area (Å²) in [6.07, 6.45) is 1.68. The van der Waals surface area contributed by atoms with Crippen LogP contribution in [-0.2, 0) is 26.6 Å². The van der Waals surface area contributed by atoms with Gasteiger partial charge >= 0.3 is 6.03 Å². The smallest absolute Gasteiger partial charge is 0.318 e. The van der Waals surface area contributed by atoms with Gasteiger partial charge in [0.25, 0.3) is 0 Å². The minimum atomic E-state index is -4.07. The van der Waals surface area contributed by atoms with Crippen LogP contribution in [0.4, 0.5) is 10.5 Å². The summed E-state index contributed by atoms with van der Waals surface area (Å²) in [5, 5.41) is 0. The molecule has 162 valence electrons. The number of amides is 2. The van der Waals surface area contributed by atoms with Crippen molar-refractivity contribution in [2.75, 3.05) is 29.3 Å². The number of sulfonamides is 2. The number of anilines is 1. The summed E-state index contributed by atoms with van der Waals surface area (Å²) in [7, 11) is -8.15. The Morgan fingerprint density at radius 3 is 2.07 bits per heavy atom. The Kier molecular flexibility index (Phi) is 6.09. The molecule has 2 aromatic rings. The van der Waals surface area contributed by atoms with Crippen LogP contribution in [0.2, 0.25) is 0 Å². The van der Waals surface area contributed by atoms with E-state index < -0.39 is 20.0 Å². The summed E-state index contributed by atoms with van der Waals surface area (Å²) in [4.78, 5) is 16.4. The largest absolute Gasteiger partial charge is 0.320 e.